The lowest BCUT2D eigenvalue weighted by atomic mass is 10.1. The zero-order valence-electron chi connectivity index (χ0n) is 7.87. The summed E-state index contributed by atoms with van der Waals surface area (Å²) in [6.07, 6.45) is 2.44. The maximum absolute atomic E-state index is 12.9. The number of halogens is 2. The molecule has 2 N–H and O–H groups in total. The van der Waals surface area contributed by atoms with E-state index in [0.717, 1.165) is 11.5 Å². The first kappa shape index (κ1) is 10.6. The Morgan fingerprint density at radius 3 is 3.00 bits per heavy atom. The number of carbonyl (C=O) groups is 1. The van der Waals surface area contributed by atoms with Crippen molar-refractivity contribution in [1.82, 2.24) is 10.2 Å². The molecule has 0 aliphatic carbocycles. The molecule has 2 aromatic rings. The molecule has 0 amide bonds. The maximum Gasteiger partial charge on any atom is 0.364 e. The zero-order chi connectivity index (χ0) is 11.7. The van der Waals surface area contributed by atoms with Crippen molar-refractivity contribution in [3.05, 3.63) is 34.7 Å². The number of benzene rings is 1. The molecule has 0 unspecified atom stereocenters. The van der Waals surface area contributed by atoms with Crippen molar-refractivity contribution in [3.8, 4) is 0 Å². The summed E-state index contributed by atoms with van der Waals surface area (Å²) in [5, 5.41) is 15.8. The Morgan fingerprint density at radius 1 is 1.56 bits per heavy atom. The van der Waals surface area contributed by atoms with Gasteiger partial charge in [-0.15, -0.1) is 0 Å². The van der Waals surface area contributed by atoms with Crippen LogP contribution < -0.4 is 0 Å². The summed E-state index contributed by atoms with van der Waals surface area (Å²) >= 11 is 5.96. The topological polar surface area (TPSA) is 66.0 Å². The highest BCUT2D eigenvalue weighted by molar-refractivity contribution is 6.36. The molecule has 0 fully saturated rings. The van der Waals surface area contributed by atoms with Crippen molar-refractivity contribution in [3.63, 3.8) is 0 Å². The molecule has 16 heavy (non-hydrogen) atoms. The molecule has 0 radical (unpaired) electrons. The van der Waals surface area contributed by atoms with E-state index in [0.29, 0.717) is 11.1 Å². The third kappa shape index (κ3) is 1.77. The molecule has 0 aliphatic rings. The lowest BCUT2D eigenvalue weighted by Gasteiger charge is -1.99. The van der Waals surface area contributed by atoms with E-state index in [-0.39, 0.29) is 5.02 Å². The average Bonchev–Trinajstić information content (AvgIpc) is 2.70. The van der Waals surface area contributed by atoms with E-state index < -0.39 is 11.8 Å². The second kappa shape index (κ2) is 3.94. The molecule has 6 heteroatoms. The van der Waals surface area contributed by atoms with Crippen molar-refractivity contribution in [1.29, 1.82) is 0 Å². The third-order valence-electron chi connectivity index (χ3n) is 2.07. The van der Waals surface area contributed by atoms with Gasteiger partial charge in [0.1, 0.15) is 0 Å². The molecule has 2 rings (SSSR count). The fourth-order valence-corrected chi connectivity index (χ4v) is 1.57. The Morgan fingerprint density at radius 2 is 2.31 bits per heavy atom. The van der Waals surface area contributed by atoms with E-state index in [2.05, 4.69) is 10.2 Å². The van der Waals surface area contributed by atoms with E-state index in [1.54, 1.807) is 12.3 Å². The number of nitrogens with zero attached hydrogens (tertiary/aromatic N) is 1. The summed E-state index contributed by atoms with van der Waals surface area (Å²) in [7, 11) is 0. The van der Waals surface area contributed by atoms with Gasteiger partial charge in [0.2, 0.25) is 5.83 Å². The Labute approximate surface area is 94.3 Å². The summed E-state index contributed by atoms with van der Waals surface area (Å²) < 4.78 is 12.9. The van der Waals surface area contributed by atoms with Crippen molar-refractivity contribution in [2.24, 2.45) is 0 Å². The van der Waals surface area contributed by atoms with Gasteiger partial charge in [-0.2, -0.15) is 9.49 Å². The minimum absolute atomic E-state index is 0.242. The fourth-order valence-electron chi connectivity index (χ4n) is 1.30. The monoisotopic (exact) mass is 240 g/mol. The summed E-state index contributed by atoms with van der Waals surface area (Å²) in [6, 6.07) is 3.20. The number of H-pyrrole nitrogens is 1. The van der Waals surface area contributed by atoms with Crippen LogP contribution in [-0.2, 0) is 4.79 Å². The standard InChI is InChI=1S/C10H6ClFN2O2/c11-8-5(3-7(12)10(15)16)1-2-6-4-13-14-9(6)8/h1-4H,(H,13,14)(H,15,16)/b7-3-. The summed E-state index contributed by atoms with van der Waals surface area (Å²) in [5.74, 6) is -2.89. The van der Waals surface area contributed by atoms with Gasteiger partial charge in [0.05, 0.1) is 16.7 Å². The van der Waals surface area contributed by atoms with Gasteiger partial charge >= 0.3 is 5.97 Å². The van der Waals surface area contributed by atoms with Crippen LogP contribution in [0.4, 0.5) is 4.39 Å². The number of aliphatic carboxylic acids is 1. The van der Waals surface area contributed by atoms with Crippen LogP contribution >= 0.6 is 11.6 Å². The maximum atomic E-state index is 12.9. The van der Waals surface area contributed by atoms with E-state index >= 15 is 0 Å². The largest absolute Gasteiger partial charge is 0.476 e. The molecular formula is C10H6ClFN2O2. The molecule has 0 bridgehead atoms. The first-order valence-electron chi connectivity index (χ1n) is 4.31. The highest BCUT2D eigenvalue weighted by Gasteiger charge is 2.09. The first-order valence-corrected chi connectivity index (χ1v) is 4.69. The fraction of sp³-hybridized carbons (Fsp3) is 0. The summed E-state index contributed by atoms with van der Waals surface area (Å²) in [5.41, 5.74) is 0.840. The van der Waals surface area contributed by atoms with Crippen LogP contribution in [0.25, 0.3) is 17.0 Å². The van der Waals surface area contributed by atoms with E-state index in [1.807, 2.05) is 0 Å². The van der Waals surface area contributed by atoms with Crippen LogP contribution in [0.15, 0.2) is 24.2 Å². The van der Waals surface area contributed by atoms with E-state index in [4.69, 9.17) is 16.7 Å². The van der Waals surface area contributed by atoms with Crippen LogP contribution in [0.3, 0.4) is 0 Å². The second-order valence-electron chi connectivity index (χ2n) is 3.10. The number of hydrogen-bond donors (Lipinski definition) is 2. The van der Waals surface area contributed by atoms with E-state index in [9.17, 15) is 9.18 Å². The minimum Gasteiger partial charge on any atom is -0.476 e. The molecule has 0 spiro atoms. The number of aromatic amines is 1. The molecule has 1 heterocycles. The molecule has 82 valence electrons. The van der Waals surface area contributed by atoms with Gasteiger partial charge < -0.3 is 5.11 Å². The van der Waals surface area contributed by atoms with Crippen LogP contribution in [-0.4, -0.2) is 21.3 Å². The Hall–Kier alpha value is -1.88. The minimum atomic E-state index is -1.62. The molecule has 4 nitrogen and oxygen atoms in total. The molecular weight excluding hydrogens is 235 g/mol. The smallest absolute Gasteiger partial charge is 0.364 e. The van der Waals surface area contributed by atoms with Crippen LogP contribution in [0.2, 0.25) is 5.02 Å². The van der Waals surface area contributed by atoms with Crippen molar-refractivity contribution in [2.45, 2.75) is 0 Å². The van der Waals surface area contributed by atoms with Gasteiger partial charge in [0.15, 0.2) is 0 Å². The molecule has 1 aromatic heterocycles. The van der Waals surface area contributed by atoms with Crippen LogP contribution in [0.1, 0.15) is 5.56 Å². The SMILES string of the molecule is O=C(O)/C(F)=C/c1ccc2cn[nH]c2c1Cl. The van der Waals surface area contributed by atoms with Gasteiger partial charge in [-0.3, -0.25) is 5.10 Å². The van der Waals surface area contributed by atoms with E-state index in [1.165, 1.54) is 6.07 Å². The number of carboxylic acid groups (broad SMARTS) is 1. The first-order chi connectivity index (χ1) is 7.59. The number of carboxylic acids is 1. The predicted octanol–water partition coefficient (Wildman–Crippen LogP) is 2.61. The number of fused-ring (bicyclic) bond motifs is 1. The predicted molar refractivity (Wildman–Crippen MR) is 57.8 cm³/mol. The number of rotatable bonds is 2. The highest BCUT2D eigenvalue weighted by atomic mass is 35.5. The lowest BCUT2D eigenvalue weighted by Crippen LogP contribution is -1.94. The van der Waals surface area contributed by atoms with Crippen LogP contribution in [0, 0.1) is 0 Å². The molecule has 0 atom stereocenters. The van der Waals surface area contributed by atoms with Crippen molar-refractivity contribution in [2.75, 3.05) is 0 Å². The normalized spacial score (nSPS) is 12.0. The molecule has 0 saturated heterocycles. The zero-order valence-corrected chi connectivity index (χ0v) is 8.62. The number of nitrogens with one attached hydrogen (secondary N) is 1. The molecule has 0 aliphatic heterocycles. The van der Waals surface area contributed by atoms with Gasteiger partial charge in [-0.1, -0.05) is 23.7 Å². The Kier molecular flexibility index (Phi) is 2.62. The van der Waals surface area contributed by atoms with Crippen molar-refractivity contribution < 1.29 is 14.3 Å². The Balaban J connectivity index is 2.57. The summed E-state index contributed by atoms with van der Waals surface area (Å²) in [6.45, 7) is 0. The molecule has 0 saturated carbocycles. The highest BCUT2D eigenvalue weighted by Crippen LogP contribution is 2.27. The number of hydrogen-bond acceptors (Lipinski definition) is 2. The number of aromatic nitrogens is 2. The van der Waals surface area contributed by atoms with Gasteiger partial charge in [-0.25, -0.2) is 4.79 Å². The molecule has 1 aromatic carbocycles. The van der Waals surface area contributed by atoms with Crippen LogP contribution in [0.5, 0.6) is 0 Å². The quantitative estimate of drug-likeness (QED) is 0.793. The average molecular weight is 241 g/mol. The second-order valence-corrected chi connectivity index (χ2v) is 3.48. The van der Waals surface area contributed by atoms with Gasteiger partial charge in [-0.05, 0) is 11.6 Å². The lowest BCUT2D eigenvalue weighted by molar-refractivity contribution is -0.134. The van der Waals surface area contributed by atoms with Crippen molar-refractivity contribution >= 4 is 34.5 Å². The van der Waals surface area contributed by atoms with Gasteiger partial charge in [0.25, 0.3) is 0 Å². The third-order valence-corrected chi connectivity index (χ3v) is 2.48. The Bertz CT molecular complexity index is 592. The van der Waals surface area contributed by atoms with Gasteiger partial charge in [0, 0.05) is 5.39 Å². The summed E-state index contributed by atoms with van der Waals surface area (Å²) in [4.78, 5) is 10.3.